The van der Waals surface area contributed by atoms with Crippen molar-refractivity contribution in [2.24, 2.45) is 17.6 Å². The van der Waals surface area contributed by atoms with Gasteiger partial charge < -0.3 is 11.1 Å². The second kappa shape index (κ2) is 7.06. The van der Waals surface area contributed by atoms with E-state index < -0.39 is 0 Å². The van der Waals surface area contributed by atoms with E-state index in [-0.39, 0.29) is 11.8 Å². The third-order valence-corrected chi connectivity index (χ3v) is 4.06. The molecule has 0 atom stereocenters. The number of nitrogens with one attached hydrogen (secondary N) is 1. The van der Waals surface area contributed by atoms with Gasteiger partial charge in [0.1, 0.15) is 0 Å². The second-order valence-corrected chi connectivity index (χ2v) is 5.47. The molecule has 1 aliphatic rings. The molecule has 1 aliphatic carbocycles. The summed E-state index contributed by atoms with van der Waals surface area (Å²) in [6.45, 7) is 0.731. The van der Waals surface area contributed by atoms with Gasteiger partial charge in [0, 0.05) is 11.6 Å². The maximum atomic E-state index is 12.2. The lowest BCUT2D eigenvalue weighted by molar-refractivity contribution is -0.121. The van der Waals surface area contributed by atoms with E-state index in [2.05, 4.69) is 11.4 Å². The Morgan fingerprint density at radius 1 is 1.25 bits per heavy atom. The van der Waals surface area contributed by atoms with Crippen LogP contribution in [0.4, 0.5) is 5.69 Å². The van der Waals surface area contributed by atoms with Crippen molar-refractivity contribution < 1.29 is 4.79 Å². The number of carbonyl (C=O) groups is 1. The number of carbonyl (C=O) groups excluding carboxylic acids is 1. The zero-order valence-corrected chi connectivity index (χ0v) is 11.6. The van der Waals surface area contributed by atoms with Crippen molar-refractivity contribution >= 4 is 11.6 Å². The summed E-state index contributed by atoms with van der Waals surface area (Å²) in [7, 11) is 0. The van der Waals surface area contributed by atoms with E-state index in [0.29, 0.717) is 12.3 Å². The molecule has 106 valence electrons. The number of nitrogens with two attached hydrogens (primary N) is 1. The molecule has 0 unspecified atom stereocenters. The number of hydrogen-bond donors (Lipinski definition) is 2. The molecule has 1 amide bonds. The molecule has 3 N–H and O–H groups in total. The van der Waals surface area contributed by atoms with Crippen LogP contribution in [-0.4, -0.2) is 12.5 Å². The molecule has 0 spiro atoms. The summed E-state index contributed by atoms with van der Waals surface area (Å²) in [5.74, 6) is 0.800. The van der Waals surface area contributed by atoms with Crippen molar-refractivity contribution in [3.05, 3.63) is 29.8 Å². The first kappa shape index (κ1) is 14.5. The van der Waals surface area contributed by atoms with Crippen molar-refractivity contribution in [3.63, 3.8) is 0 Å². The van der Waals surface area contributed by atoms with Gasteiger partial charge in [0.05, 0.1) is 12.5 Å². The van der Waals surface area contributed by atoms with Gasteiger partial charge in [-0.2, -0.15) is 5.26 Å². The maximum Gasteiger partial charge on any atom is 0.227 e. The highest BCUT2D eigenvalue weighted by Crippen LogP contribution is 2.29. The minimum Gasteiger partial charge on any atom is -0.330 e. The first-order valence-electron chi connectivity index (χ1n) is 7.19. The van der Waals surface area contributed by atoms with E-state index in [1.807, 2.05) is 24.3 Å². The average Bonchev–Trinajstić information content (AvgIpc) is 2.49. The SMILES string of the molecule is N#CCc1ccc(NC(=O)C2CCC(CN)CC2)cc1. The smallest absolute Gasteiger partial charge is 0.227 e. The Balaban J connectivity index is 1.87. The number of benzene rings is 1. The van der Waals surface area contributed by atoms with Gasteiger partial charge in [-0.3, -0.25) is 4.79 Å². The Morgan fingerprint density at radius 2 is 1.90 bits per heavy atom. The van der Waals surface area contributed by atoms with Gasteiger partial charge >= 0.3 is 0 Å². The number of amides is 1. The third-order valence-electron chi connectivity index (χ3n) is 4.06. The van der Waals surface area contributed by atoms with Crippen molar-refractivity contribution in [1.82, 2.24) is 0 Å². The number of nitriles is 1. The summed E-state index contributed by atoms with van der Waals surface area (Å²) >= 11 is 0. The highest BCUT2D eigenvalue weighted by molar-refractivity contribution is 5.92. The Kier molecular flexibility index (Phi) is 5.14. The molecule has 4 heteroatoms. The normalized spacial score (nSPS) is 22.0. The van der Waals surface area contributed by atoms with Crippen molar-refractivity contribution in [3.8, 4) is 6.07 Å². The molecular weight excluding hydrogens is 250 g/mol. The van der Waals surface area contributed by atoms with Crippen LogP contribution in [0.3, 0.4) is 0 Å². The molecule has 0 bridgehead atoms. The summed E-state index contributed by atoms with van der Waals surface area (Å²) < 4.78 is 0. The third kappa shape index (κ3) is 3.82. The van der Waals surface area contributed by atoms with Crippen LogP contribution in [0.2, 0.25) is 0 Å². The van der Waals surface area contributed by atoms with Gasteiger partial charge in [0.15, 0.2) is 0 Å². The van der Waals surface area contributed by atoms with E-state index in [9.17, 15) is 4.79 Å². The summed E-state index contributed by atoms with van der Waals surface area (Å²) in [6, 6.07) is 9.58. The number of nitrogens with zero attached hydrogens (tertiary/aromatic N) is 1. The van der Waals surface area contributed by atoms with Gasteiger partial charge in [-0.15, -0.1) is 0 Å². The molecule has 20 heavy (non-hydrogen) atoms. The first-order chi connectivity index (χ1) is 9.72. The molecule has 0 radical (unpaired) electrons. The van der Waals surface area contributed by atoms with E-state index in [0.717, 1.165) is 43.5 Å². The highest BCUT2D eigenvalue weighted by atomic mass is 16.1. The van der Waals surface area contributed by atoms with Crippen molar-refractivity contribution in [2.75, 3.05) is 11.9 Å². The number of anilines is 1. The van der Waals surface area contributed by atoms with E-state index in [1.165, 1.54) is 0 Å². The molecule has 0 aromatic heterocycles. The van der Waals surface area contributed by atoms with Crippen molar-refractivity contribution in [1.29, 1.82) is 5.26 Å². The van der Waals surface area contributed by atoms with Gasteiger partial charge in [0.2, 0.25) is 5.91 Å². The monoisotopic (exact) mass is 271 g/mol. The summed E-state index contributed by atoms with van der Waals surface area (Å²) in [6.07, 6.45) is 4.36. The minimum absolute atomic E-state index is 0.105. The molecule has 1 saturated carbocycles. The summed E-state index contributed by atoms with van der Waals surface area (Å²) in [5, 5.41) is 11.6. The molecule has 1 fully saturated rings. The van der Waals surface area contributed by atoms with E-state index in [4.69, 9.17) is 11.0 Å². The molecular formula is C16H21N3O. The topological polar surface area (TPSA) is 78.9 Å². The van der Waals surface area contributed by atoms with Crippen molar-refractivity contribution in [2.45, 2.75) is 32.1 Å². The van der Waals surface area contributed by atoms with E-state index in [1.54, 1.807) is 0 Å². The van der Waals surface area contributed by atoms with Gasteiger partial charge in [-0.05, 0) is 55.8 Å². The minimum atomic E-state index is 0.105. The lowest BCUT2D eigenvalue weighted by Gasteiger charge is -2.26. The second-order valence-electron chi connectivity index (χ2n) is 5.47. The fourth-order valence-electron chi connectivity index (χ4n) is 2.70. The maximum absolute atomic E-state index is 12.2. The molecule has 4 nitrogen and oxygen atoms in total. The van der Waals surface area contributed by atoms with E-state index >= 15 is 0 Å². The predicted octanol–water partition coefficient (Wildman–Crippen LogP) is 2.46. The van der Waals surface area contributed by atoms with Crippen LogP contribution in [0.1, 0.15) is 31.2 Å². The van der Waals surface area contributed by atoms with Gasteiger partial charge in [0.25, 0.3) is 0 Å². The fourth-order valence-corrected chi connectivity index (χ4v) is 2.70. The van der Waals surface area contributed by atoms with Crippen LogP contribution in [0.5, 0.6) is 0 Å². The zero-order valence-electron chi connectivity index (χ0n) is 11.6. The summed E-state index contributed by atoms with van der Waals surface area (Å²) in [4.78, 5) is 12.2. The van der Waals surface area contributed by atoms with Crippen LogP contribution < -0.4 is 11.1 Å². The quantitative estimate of drug-likeness (QED) is 0.882. The fraction of sp³-hybridized carbons (Fsp3) is 0.500. The predicted molar refractivity (Wildman–Crippen MR) is 78.9 cm³/mol. The Bertz CT molecular complexity index is 481. The average molecular weight is 271 g/mol. The van der Waals surface area contributed by atoms with Gasteiger partial charge in [-0.1, -0.05) is 12.1 Å². The molecule has 0 heterocycles. The molecule has 0 aliphatic heterocycles. The molecule has 2 rings (SSSR count). The van der Waals surface area contributed by atoms with Gasteiger partial charge in [-0.25, -0.2) is 0 Å². The molecule has 1 aromatic carbocycles. The molecule has 1 aromatic rings. The Morgan fingerprint density at radius 3 is 2.45 bits per heavy atom. The van der Waals surface area contributed by atoms with Crippen LogP contribution >= 0.6 is 0 Å². The number of rotatable bonds is 4. The van der Waals surface area contributed by atoms with Crippen LogP contribution in [0.15, 0.2) is 24.3 Å². The first-order valence-corrected chi connectivity index (χ1v) is 7.19. The van der Waals surface area contributed by atoms with Crippen LogP contribution in [-0.2, 0) is 11.2 Å². The van der Waals surface area contributed by atoms with Crippen LogP contribution in [0.25, 0.3) is 0 Å². The lowest BCUT2D eigenvalue weighted by Crippen LogP contribution is -2.29. The van der Waals surface area contributed by atoms with Crippen LogP contribution in [0, 0.1) is 23.2 Å². The lowest BCUT2D eigenvalue weighted by atomic mass is 9.81. The highest BCUT2D eigenvalue weighted by Gasteiger charge is 2.25. The zero-order chi connectivity index (χ0) is 14.4. The Hall–Kier alpha value is -1.86. The Labute approximate surface area is 120 Å². The summed E-state index contributed by atoms with van der Waals surface area (Å²) in [5.41, 5.74) is 7.43. The standard InChI is InChI=1S/C16H21N3O/c17-10-9-12-3-7-15(8-4-12)19-16(20)14-5-1-13(11-18)2-6-14/h3-4,7-8,13-14H,1-2,5-6,9,11,18H2,(H,19,20). The molecule has 0 saturated heterocycles. The number of hydrogen-bond acceptors (Lipinski definition) is 3. The largest absolute Gasteiger partial charge is 0.330 e.